The van der Waals surface area contributed by atoms with Crippen LogP contribution in [0.3, 0.4) is 0 Å². The SMILES string of the molecule is O=C([O-])C(=Cc1ccc(F)cc1)NC(=O)c1ccccc1. The van der Waals surface area contributed by atoms with Crippen LogP contribution in [-0.2, 0) is 4.79 Å². The Kier molecular flexibility index (Phi) is 4.46. The molecule has 0 unspecified atom stereocenters. The molecule has 0 saturated carbocycles. The third-order valence-corrected chi connectivity index (χ3v) is 2.69. The average Bonchev–Trinajstić information content (AvgIpc) is 2.49. The number of amides is 1. The van der Waals surface area contributed by atoms with E-state index in [4.69, 9.17) is 0 Å². The Bertz CT molecular complexity index is 678. The molecule has 2 rings (SSSR count). The highest BCUT2D eigenvalue weighted by molar-refractivity contribution is 6.02. The predicted octanol–water partition coefficient (Wildman–Crippen LogP) is 1.35. The fourth-order valence-electron chi connectivity index (χ4n) is 1.66. The van der Waals surface area contributed by atoms with Gasteiger partial charge in [-0.2, -0.15) is 0 Å². The largest absolute Gasteiger partial charge is 0.543 e. The van der Waals surface area contributed by atoms with Gasteiger partial charge in [-0.15, -0.1) is 0 Å². The quantitative estimate of drug-likeness (QED) is 0.862. The molecule has 106 valence electrons. The number of carbonyl (C=O) groups is 2. The highest BCUT2D eigenvalue weighted by atomic mass is 19.1. The summed E-state index contributed by atoms with van der Waals surface area (Å²) in [5, 5.41) is 13.3. The Morgan fingerprint density at radius 3 is 2.19 bits per heavy atom. The van der Waals surface area contributed by atoms with Crippen molar-refractivity contribution in [2.45, 2.75) is 0 Å². The molecular weight excluding hydrogens is 273 g/mol. The van der Waals surface area contributed by atoms with Crippen LogP contribution in [0.5, 0.6) is 0 Å². The highest BCUT2D eigenvalue weighted by Crippen LogP contribution is 2.08. The minimum absolute atomic E-state index is 0.323. The molecule has 0 aliphatic rings. The molecule has 0 radical (unpaired) electrons. The summed E-state index contributed by atoms with van der Waals surface area (Å²) < 4.78 is 12.8. The van der Waals surface area contributed by atoms with Gasteiger partial charge >= 0.3 is 0 Å². The lowest BCUT2D eigenvalue weighted by molar-refractivity contribution is -0.299. The molecule has 5 heteroatoms. The Labute approximate surface area is 120 Å². The summed E-state index contributed by atoms with van der Waals surface area (Å²) in [7, 11) is 0. The van der Waals surface area contributed by atoms with E-state index >= 15 is 0 Å². The number of nitrogens with one attached hydrogen (secondary N) is 1. The molecule has 0 aliphatic heterocycles. The maximum atomic E-state index is 12.8. The second kappa shape index (κ2) is 6.47. The molecule has 0 aromatic heterocycles. The average molecular weight is 284 g/mol. The van der Waals surface area contributed by atoms with Crippen LogP contribution in [0.4, 0.5) is 4.39 Å². The Morgan fingerprint density at radius 2 is 1.62 bits per heavy atom. The van der Waals surface area contributed by atoms with Crippen molar-refractivity contribution in [2.24, 2.45) is 0 Å². The van der Waals surface area contributed by atoms with Crippen LogP contribution in [0.15, 0.2) is 60.3 Å². The van der Waals surface area contributed by atoms with Crippen LogP contribution in [0.1, 0.15) is 15.9 Å². The first kappa shape index (κ1) is 14.5. The second-order valence-electron chi connectivity index (χ2n) is 4.22. The van der Waals surface area contributed by atoms with Crippen LogP contribution in [-0.4, -0.2) is 11.9 Å². The zero-order valence-corrected chi connectivity index (χ0v) is 10.9. The maximum absolute atomic E-state index is 12.8. The number of halogens is 1. The van der Waals surface area contributed by atoms with Gasteiger partial charge in [-0.3, -0.25) is 4.79 Å². The van der Waals surface area contributed by atoms with Gasteiger partial charge < -0.3 is 15.2 Å². The van der Waals surface area contributed by atoms with Gasteiger partial charge in [-0.05, 0) is 35.9 Å². The number of benzene rings is 2. The van der Waals surface area contributed by atoms with Crippen molar-refractivity contribution in [1.82, 2.24) is 5.32 Å². The molecule has 0 aliphatic carbocycles. The molecule has 4 nitrogen and oxygen atoms in total. The number of carboxylic acid groups (broad SMARTS) is 1. The van der Waals surface area contributed by atoms with Gasteiger partial charge in [0.1, 0.15) is 5.82 Å². The van der Waals surface area contributed by atoms with Gasteiger partial charge in [0.25, 0.3) is 5.91 Å². The summed E-state index contributed by atoms with van der Waals surface area (Å²) in [5.41, 5.74) is 0.364. The first-order chi connectivity index (χ1) is 10.1. The van der Waals surface area contributed by atoms with Crippen molar-refractivity contribution in [3.05, 3.63) is 77.2 Å². The van der Waals surface area contributed by atoms with Crippen molar-refractivity contribution < 1.29 is 19.1 Å². The third kappa shape index (κ3) is 4.01. The minimum Gasteiger partial charge on any atom is -0.543 e. The molecule has 1 N–H and O–H groups in total. The second-order valence-corrected chi connectivity index (χ2v) is 4.22. The predicted molar refractivity (Wildman–Crippen MR) is 73.3 cm³/mol. The number of rotatable bonds is 4. The molecule has 2 aromatic carbocycles. The number of carbonyl (C=O) groups excluding carboxylic acids is 2. The van der Waals surface area contributed by atoms with E-state index in [1.54, 1.807) is 30.3 Å². The van der Waals surface area contributed by atoms with Crippen LogP contribution in [0, 0.1) is 5.82 Å². The van der Waals surface area contributed by atoms with Gasteiger partial charge in [0, 0.05) is 5.56 Å². The molecule has 0 atom stereocenters. The number of aliphatic carboxylic acids is 1. The first-order valence-electron chi connectivity index (χ1n) is 6.11. The van der Waals surface area contributed by atoms with Gasteiger partial charge in [0.15, 0.2) is 0 Å². The molecule has 0 saturated heterocycles. The lowest BCUT2D eigenvalue weighted by Crippen LogP contribution is -2.35. The first-order valence-corrected chi connectivity index (χ1v) is 6.11. The van der Waals surface area contributed by atoms with Crippen molar-refractivity contribution in [3.8, 4) is 0 Å². The summed E-state index contributed by atoms with van der Waals surface area (Å²) in [6.45, 7) is 0. The van der Waals surface area contributed by atoms with Gasteiger partial charge in [0.2, 0.25) is 0 Å². The fourth-order valence-corrected chi connectivity index (χ4v) is 1.66. The summed E-state index contributed by atoms with van der Waals surface area (Å²) in [6.07, 6.45) is 1.20. The third-order valence-electron chi connectivity index (χ3n) is 2.69. The summed E-state index contributed by atoms with van der Waals surface area (Å²) in [6, 6.07) is 13.4. The van der Waals surface area contributed by atoms with E-state index in [1.165, 1.54) is 30.3 Å². The van der Waals surface area contributed by atoms with E-state index in [9.17, 15) is 19.1 Å². The normalized spacial score (nSPS) is 11.0. The van der Waals surface area contributed by atoms with E-state index in [0.29, 0.717) is 11.1 Å². The molecule has 1 amide bonds. The monoisotopic (exact) mass is 284 g/mol. The van der Waals surface area contributed by atoms with Crippen LogP contribution in [0.25, 0.3) is 6.08 Å². The molecule has 0 bridgehead atoms. The Morgan fingerprint density at radius 1 is 1.00 bits per heavy atom. The lowest BCUT2D eigenvalue weighted by atomic mass is 10.1. The van der Waals surface area contributed by atoms with Crippen molar-refractivity contribution in [3.63, 3.8) is 0 Å². The van der Waals surface area contributed by atoms with Gasteiger partial charge in [-0.25, -0.2) is 4.39 Å². The highest BCUT2D eigenvalue weighted by Gasteiger charge is 2.08. The summed E-state index contributed by atoms with van der Waals surface area (Å²) in [4.78, 5) is 23.0. The maximum Gasteiger partial charge on any atom is 0.255 e. The zero-order valence-electron chi connectivity index (χ0n) is 10.9. The fraction of sp³-hybridized carbons (Fsp3) is 0. The topological polar surface area (TPSA) is 69.2 Å². The van der Waals surface area contributed by atoms with Crippen LogP contribution < -0.4 is 10.4 Å². The molecule has 0 spiro atoms. The van der Waals surface area contributed by atoms with E-state index in [-0.39, 0.29) is 0 Å². The molecule has 2 aromatic rings. The van der Waals surface area contributed by atoms with Crippen LogP contribution in [0.2, 0.25) is 0 Å². The molecular formula is C16H11FNO3-. The van der Waals surface area contributed by atoms with Gasteiger partial charge in [-0.1, -0.05) is 30.3 Å². The van der Waals surface area contributed by atoms with E-state index in [0.717, 1.165) is 0 Å². The van der Waals surface area contributed by atoms with Crippen molar-refractivity contribution in [2.75, 3.05) is 0 Å². The summed E-state index contributed by atoms with van der Waals surface area (Å²) >= 11 is 0. The van der Waals surface area contributed by atoms with Gasteiger partial charge in [0.05, 0.1) is 11.7 Å². The smallest absolute Gasteiger partial charge is 0.255 e. The lowest BCUT2D eigenvalue weighted by Gasteiger charge is -2.11. The van der Waals surface area contributed by atoms with Crippen LogP contribution >= 0.6 is 0 Å². The van der Waals surface area contributed by atoms with Crippen molar-refractivity contribution in [1.29, 1.82) is 0 Å². The zero-order chi connectivity index (χ0) is 15.2. The Balaban J connectivity index is 2.22. The van der Waals surface area contributed by atoms with E-state index in [2.05, 4.69) is 5.32 Å². The standard InChI is InChI=1S/C16H12FNO3/c17-13-8-6-11(7-9-13)10-14(16(20)21)18-15(19)12-4-2-1-3-5-12/h1-10H,(H,18,19)(H,20,21)/p-1. The number of hydrogen-bond acceptors (Lipinski definition) is 3. The van der Waals surface area contributed by atoms with E-state index in [1.807, 2.05) is 0 Å². The Hall–Kier alpha value is -2.95. The number of hydrogen-bond donors (Lipinski definition) is 1. The summed E-state index contributed by atoms with van der Waals surface area (Å²) in [5.74, 6) is -2.52. The van der Waals surface area contributed by atoms with Crippen molar-refractivity contribution >= 4 is 18.0 Å². The number of carboxylic acids is 1. The molecule has 0 heterocycles. The van der Waals surface area contributed by atoms with E-state index < -0.39 is 23.4 Å². The molecule has 0 fully saturated rings. The molecule has 21 heavy (non-hydrogen) atoms. The minimum atomic E-state index is -1.52.